The van der Waals surface area contributed by atoms with Crippen molar-refractivity contribution in [1.29, 1.82) is 0 Å². The number of hydrogen-bond donors (Lipinski definition) is 0. The van der Waals surface area contributed by atoms with Crippen LogP contribution >= 0.6 is 0 Å². The third-order valence-electron chi connectivity index (χ3n) is 3.13. The molecule has 0 aliphatic heterocycles. The topological polar surface area (TPSA) is 35.5 Å². The van der Waals surface area contributed by atoms with E-state index in [9.17, 15) is 4.79 Å². The second kappa shape index (κ2) is 5.78. The van der Waals surface area contributed by atoms with Gasteiger partial charge in [0.1, 0.15) is 16.9 Å². The molecule has 0 radical (unpaired) electrons. The van der Waals surface area contributed by atoms with E-state index in [1.54, 1.807) is 18.2 Å². The molecule has 2 rings (SSSR count). The van der Waals surface area contributed by atoms with Crippen LogP contribution in [0.4, 0.5) is 0 Å². The molecule has 0 saturated carbocycles. The van der Waals surface area contributed by atoms with E-state index >= 15 is 0 Å². The lowest BCUT2D eigenvalue weighted by atomic mass is 9.98. The van der Waals surface area contributed by atoms with Crippen molar-refractivity contribution in [1.82, 2.24) is 0 Å². The van der Waals surface area contributed by atoms with Crippen LogP contribution in [0.25, 0.3) is 0 Å². The Morgan fingerprint density at radius 1 is 0.950 bits per heavy atom. The Bertz CT molecular complexity index is 588. The summed E-state index contributed by atoms with van der Waals surface area (Å²) in [5, 5.41) is 0. The molecular formula is C17H18O3. The number of esters is 1. The van der Waals surface area contributed by atoms with E-state index in [-0.39, 0.29) is 0 Å². The van der Waals surface area contributed by atoms with Gasteiger partial charge in [0.05, 0.1) is 7.11 Å². The average molecular weight is 270 g/mol. The molecule has 3 heteroatoms. The summed E-state index contributed by atoms with van der Waals surface area (Å²) in [6.07, 6.45) is 0. The zero-order valence-electron chi connectivity index (χ0n) is 11.9. The zero-order valence-corrected chi connectivity index (χ0v) is 11.9. The van der Waals surface area contributed by atoms with Crippen LogP contribution in [0.1, 0.15) is 29.8 Å². The van der Waals surface area contributed by atoms with Gasteiger partial charge in [0.2, 0.25) is 0 Å². The van der Waals surface area contributed by atoms with Crippen LogP contribution in [0.2, 0.25) is 0 Å². The smallest absolute Gasteiger partial charge is 0.341 e. The maximum Gasteiger partial charge on any atom is 0.341 e. The van der Waals surface area contributed by atoms with Gasteiger partial charge < -0.3 is 9.47 Å². The first-order valence-electron chi connectivity index (χ1n) is 6.46. The van der Waals surface area contributed by atoms with Crippen molar-refractivity contribution < 1.29 is 14.3 Å². The monoisotopic (exact) mass is 270 g/mol. The molecule has 2 aromatic carbocycles. The minimum absolute atomic E-state index is 0.399. The standard InChI is InChI=1S/C17H18O3/c1-17(2,13-9-5-4-6-10-13)20-15-12-8-7-11-14(15)16(18)19-3/h4-12H,1-3H3. The van der Waals surface area contributed by atoms with Gasteiger partial charge in [-0.15, -0.1) is 0 Å². The highest BCUT2D eigenvalue weighted by Gasteiger charge is 2.24. The van der Waals surface area contributed by atoms with E-state index < -0.39 is 11.6 Å². The van der Waals surface area contributed by atoms with Crippen molar-refractivity contribution >= 4 is 5.97 Å². The van der Waals surface area contributed by atoms with Gasteiger partial charge in [-0.1, -0.05) is 42.5 Å². The van der Waals surface area contributed by atoms with E-state index in [4.69, 9.17) is 9.47 Å². The fourth-order valence-electron chi connectivity index (χ4n) is 2.01. The highest BCUT2D eigenvalue weighted by molar-refractivity contribution is 5.92. The van der Waals surface area contributed by atoms with Gasteiger partial charge in [0, 0.05) is 0 Å². The number of benzene rings is 2. The van der Waals surface area contributed by atoms with Crippen molar-refractivity contribution in [3.8, 4) is 5.75 Å². The normalized spacial score (nSPS) is 10.9. The van der Waals surface area contributed by atoms with Crippen LogP contribution in [0.3, 0.4) is 0 Å². The number of methoxy groups -OCH3 is 1. The van der Waals surface area contributed by atoms with E-state index in [1.165, 1.54) is 7.11 Å². The number of ether oxygens (including phenoxy) is 2. The van der Waals surface area contributed by atoms with Gasteiger partial charge >= 0.3 is 5.97 Å². The molecule has 2 aromatic rings. The highest BCUT2D eigenvalue weighted by Crippen LogP contribution is 2.30. The molecule has 0 unspecified atom stereocenters. The number of rotatable bonds is 4. The van der Waals surface area contributed by atoms with Crippen molar-refractivity contribution in [3.63, 3.8) is 0 Å². The molecule has 0 saturated heterocycles. The highest BCUT2D eigenvalue weighted by atomic mass is 16.5. The number of para-hydroxylation sites is 1. The summed E-state index contributed by atoms with van der Waals surface area (Å²) in [5.41, 5.74) is 0.935. The van der Waals surface area contributed by atoms with Crippen LogP contribution in [0, 0.1) is 0 Å². The van der Waals surface area contributed by atoms with Crippen LogP contribution < -0.4 is 4.74 Å². The Kier molecular flexibility index (Phi) is 4.08. The number of carbonyl (C=O) groups excluding carboxylic acids is 1. The molecular weight excluding hydrogens is 252 g/mol. The average Bonchev–Trinajstić information content (AvgIpc) is 2.47. The lowest BCUT2D eigenvalue weighted by Gasteiger charge is -2.28. The molecule has 0 bridgehead atoms. The Morgan fingerprint density at radius 2 is 1.55 bits per heavy atom. The molecule has 0 aliphatic rings. The fraction of sp³-hybridized carbons (Fsp3) is 0.235. The van der Waals surface area contributed by atoms with Crippen molar-refractivity contribution in [2.24, 2.45) is 0 Å². The minimum Gasteiger partial charge on any atom is -0.482 e. The first-order valence-corrected chi connectivity index (χ1v) is 6.46. The minimum atomic E-state index is -0.536. The first-order chi connectivity index (χ1) is 9.54. The van der Waals surface area contributed by atoms with Gasteiger partial charge in [-0.2, -0.15) is 0 Å². The molecule has 0 N–H and O–H groups in total. The van der Waals surface area contributed by atoms with Crippen LogP contribution in [0.15, 0.2) is 54.6 Å². The summed E-state index contributed by atoms with van der Waals surface area (Å²) < 4.78 is 10.8. The SMILES string of the molecule is COC(=O)c1ccccc1OC(C)(C)c1ccccc1. The van der Waals surface area contributed by atoms with E-state index in [2.05, 4.69) is 0 Å². The zero-order chi connectivity index (χ0) is 14.6. The fourth-order valence-corrected chi connectivity index (χ4v) is 2.01. The molecule has 0 amide bonds. The van der Waals surface area contributed by atoms with Crippen molar-refractivity contribution in [2.45, 2.75) is 19.4 Å². The summed E-state index contributed by atoms with van der Waals surface area (Å²) in [6, 6.07) is 17.0. The lowest BCUT2D eigenvalue weighted by Crippen LogP contribution is -2.26. The lowest BCUT2D eigenvalue weighted by molar-refractivity contribution is 0.0579. The van der Waals surface area contributed by atoms with Crippen LogP contribution in [-0.2, 0) is 10.3 Å². The molecule has 0 aromatic heterocycles. The quantitative estimate of drug-likeness (QED) is 0.793. The predicted molar refractivity (Wildman–Crippen MR) is 77.9 cm³/mol. The summed E-state index contributed by atoms with van der Waals surface area (Å²) in [6.45, 7) is 3.94. The molecule has 104 valence electrons. The molecule has 0 aliphatic carbocycles. The summed E-state index contributed by atoms with van der Waals surface area (Å²) in [5.74, 6) is 0.123. The van der Waals surface area contributed by atoms with E-state index in [0.29, 0.717) is 11.3 Å². The van der Waals surface area contributed by atoms with Crippen LogP contribution in [-0.4, -0.2) is 13.1 Å². The Labute approximate surface area is 119 Å². The Morgan fingerprint density at radius 3 is 2.20 bits per heavy atom. The first kappa shape index (κ1) is 14.1. The third-order valence-corrected chi connectivity index (χ3v) is 3.13. The van der Waals surface area contributed by atoms with Gasteiger partial charge in [0.25, 0.3) is 0 Å². The van der Waals surface area contributed by atoms with E-state index in [1.807, 2.05) is 50.2 Å². The van der Waals surface area contributed by atoms with Gasteiger partial charge in [-0.25, -0.2) is 4.79 Å². The number of hydrogen-bond acceptors (Lipinski definition) is 3. The summed E-state index contributed by atoms with van der Waals surface area (Å²) in [7, 11) is 1.36. The van der Waals surface area contributed by atoms with Gasteiger partial charge in [-0.05, 0) is 31.5 Å². The molecule has 3 nitrogen and oxygen atoms in total. The van der Waals surface area contributed by atoms with E-state index in [0.717, 1.165) is 5.56 Å². The molecule has 20 heavy (non-hydrogen) atoms. The maximum absolute atomic E-state index is 11.8. The second-order valence-electron chi connectivity index (χ2n) is 4.97. The summed E-state index contributed by atoms with van der Waals surface area (Å²) >= 11 is 0. The molecule has 0 spiro atoms. The predicted octanol–water partition coefficient (Wildman–Crippen LogP) is 3.79. The molecule has 0 heterocycles. The largest absolute Gasteiger partial charge is 0.482 e. The Hall–Kier alpha value is -2.29. The van der Waals surface area contributed by atoms with Gasteiger partial charge in [-0.3, -0.25) is 0 Å². The second-order valence-corrected chi connectivity index (χ2v) is 4.97. The van der Waals surface area contributed by atoms with Gasteiger partial charge in [0.15, 0.2) is 0 Å². The van der Waals surface area contributed by atoms with Crippen LogP contribution in [0.5, 0.6) is 5.75 Å². The third kappa shape index (κ3) is 2.99. The van der Waals surface area contributed by atoms with Crippen molar-refractivity contribution in [3.05, 3.63) is 65.7 Å². The maximum atomic E-state index is 11.8. The molecule has 0 atom stereocenters. The molecule has 0 fully saturated rings. The number of carbonyl (C=O) groups is 1. The Balaban J connectivity index is 2.32. The van der Waals surface area contributed by atoms with Crippen molar-refractivity contribution in [2.75, 3.05) is 7.11 Å². The summed E-state index contributed by atoms with van der Waals surface area (Å²) in [4.78, 5) is 11.8.